The Morgan fingerprint density at radius 3 is 2.58 bits per heavy atom. The largest absolute Gasteiger partial charge is 0.381 e. The topological polar surface area (TPSA) is 40.5 Å². The zero-order valence-corrected chi connectivity index (χ0v) is 7.58. The van der Waals surface area contributed by atoms with Crippen LogP contribution in [0.15, 0.2) is 12.2 Å². The van der Waals surface area contributed by atoms with Crippen LogP contribution in [0, 0.1) is 0 Å². The smallest absolute Gasteiger partial charge is 0.254 e. The molecule has 12 heavy (non-hydrogen) atoms. The quantitative estimate of drug-likeness (QED) is 0.582. The van der Waals surface area contributed by atoms with Crippen molar-refractivity contribution in [2.75, 3.05) is 13.1 Å². The molecule has 0 aromatic heterocycles. The summed E-state index contributed by atoms with van der Waals surface area (Å²) < 4.78 is 0. The predicted molar refractivity (Wildman–Crippen MR) is 46.6 cm³/mol. The van der Waals surface area contributed by atoms with Crippen LogP contribution in [0.5, 0.6) is 0 Å². The van der Waals surface area contributed by atoms with E-state index in [9.17, 15) is 9.90 Å². The molecule has 0 saturated carbocycles. The molecule has 1 rings (SSSR count). The third kappa shape index (κ3) is 2.08. The lowest BCUT2D eigenvalue weighted by molar-refractivity contribution is -0.147. The van der Waals surface area contributed by atoms with Crippen molar-refractivity contribution in [1.82, 2.24) is 4.90 Å². The Morgan fingerprint density at radius 2 is 2.17 bits per heavy atom. The fourth-order valence-corrected chi connectivity index (χ4v) is 1.21. The van der Waals surface area contributed by atoms with Crippen LogP contribution in [-0.2, 0) is 4.79 Å². The number of nitrogens with zero attached hydrogens (tertiary/aromatic N) is 1. The highest BCUT2D eigenvalue weighted by Gasteiger charge is 2.28. The van der Waals surface area contributed by atoms with Crippen molar-refractivity contribution in [2.45, 2.75) is 25.9 Å². The van der Waals surface area contributed by atoms with E-state index in [4.69, 9.17) is 0 Å². The van der Waals surface area contributed by atoms with Gasteiger partial charge in [-0.25, -0.2) is 0 Å². The van der Waals surface area contributed by atoms with Crippen LogP contribution in [0.3, 0.4) is 0 Å². The normalized spacial score (nSPS) is 18.1. The van der Waals surface area contributed by atoms with Crippen LogP contribution >= 0.6 is 0 Å². The molecule has 1 aliphatic heterocycles. The SMILES string of the molecule is CC(C)(O)C(=O)N1CC=CCC1. The van der Waals surface area contributed by atoms with Crippen molar-refractivity contribution in [3.63, 3.8) is 0 Å². The summed E-state index contributed by atoms with van der Waals surface area (Å²) in [7, 11) is 0. The average molecular weight is 169 g/mol. The van der Waals surface area contributed by atoms with Crippen molar-refractivity contribution < 1.29 is 9.90 Å². The second-order valence-corrected chi connectivity index (χ2v) is 3.57. The minimum atomic E-state index is -1.23. The molecule has 1 aliphatic rings. The van der Waals surface area contributed by atoms with E-state index in [-0.39, 0.29) is 5.91 Å². The lowest BCUT2D eigenvalue weighted by Gasteiger charge is -2.29. The fourth-order valence-electron chi connectivity index (χ4n) is 1.21. The second kappa shape index (κ2) is 3.27. The van der Waals surface area contributed by atoms with Crippen molar-refractivity contribution >= 4 is 5.91 Å². The van der Waals surface area contributed by atoms with E-state index in [0.29, 0.717) is 6.54 Å². The molecule has 0 aromatic carbocycles. The summed E-state index contributed by atoms with van der Waals surface area (Å²) in [6.45, 7) is 4.39. The highest BCUT2D eigenvalue weighted by atomic mass is 16.3. The van der Waals surface area contributed by atoms with Crippen molar-refractivity contribution in [2.24, 2.45) is 0 Å². The Kier molecular flexibility index (Phi) is 2.52. The third-order valence-electron chi connectivity index (χ3n) is 1.87. The zero-order valence-electron chi connectivity index (χ0n) is 7.58. The lowest BCUT2D eigenvalue weighted by atomic mass is 10.1. The van der Waals surface area contributed by atoms with Gasteiger partial charge in [0, 0.05) is 13.1 Å². The van der Waals surface area contributed by atoms with Crippen LogP contribution in [-0.4, -0.2) is 34.6 Å². The molecule has 0 unspecified atom stereocenters. The molecule has 0 fully saturated rings. The van der Waals surface area contributed by atoms with Crippen molar-refractivity contribution in [3.8, 4) is 0 Å². The average Bonchev–Trinajstić information content (AvgIpc) is 2.03. The summed E-state index contributed by atoms with van der Waals surface area (Å²) in [5.41, 5.74) is -1.23. The number of rotatable bonds is 1. The molecule has 1 heterocycles. The molecule has 0 atom stereocenters. The zero-order chi connectivity index (χ0) is 9.19. The van der Waals surface area contributed by atoms with Gasteiger partial charge in [-0.2, -0.15) is 0 Å². The summed E-state index contributed by atoms with van der Waals surface area (Å²) in [5.74, 6) is -0.188. The van der Waals surface area contributed by atoms with E-state index < -0.39 is 5.60 Å². The highest BCUT2D eigenvalue weighted by Crippen LogP contribution is 2.10. The van der Waals surface area contributed by atoms with Gasteiger partial charge in [0.25, 0.3) is 5.91 Å². The standard InChI is InChI=1S/C9H15NO2/c1-9(2,12)8(11)10-6-4-3-5-7-10/h3-4,12H,5-7H2,1-2H3. The van der Waals surface area contributed by atoms with Crippen LogP contribution in [0.4, 0.5) is 0 Å². The minimum absolute atomic E-state index is 0.188. The van der Waals surface area contributed by atoms with E-state index in [1.54, 1.807) is 4.90 Å². The van der Waals surface area contributed by atoms with Gasteiger partial charge in [0.15, 0.2) is 0 Å². The predicted octanol–water partition coefficient (Wildman–Crippen LogP) is 0.546. The summed E-state index contributed by atoms with van der Waals surface area (Å²) in [6, 6.07) is 0. The molecule has 0 aromatic rings. The fraction of sp³-hybridized carbons (Fsp3) is 0.667. The minimum Gasteiger partial charge on any atom is -0.381 e. The van der Waals surface area contributed by atoms with E-state index in [2.05, 4.69) is 0 Å². The van der Waals surface area contributed by atoms with E-state index in [0.717, 1.165) is 13.0 Å². The molecular formula is C9H15NO2. The van der Waals surface area contributed by atoms with Crippen molar-refractivity contribution in [3.05, 3.63) is 12.2 Å². The van der Waals surface area contributed by atoms with Crippen LogP contribution in [0.2, 0.25) is 0 Å². The second-order valence-electron chi connectivity index (χ2n) is 3.57. The molecule has 0 saturated heterocycles. The monoisotopic (exact) mass is 169 g/mol. The Labute approximate surface area is 72.7 Å². The lowest BCUT2D eigenvalue weighted by Crippen LogP contribution is -2.46. The summed E-state index contributed by atoms with van der Waals surface area (Å²) in [4.78, 5) is 13.1. The van der Waals surface area contributed by atoms with Crippen LogP contribution < -0.4 is 0 Å². The van der Waals surface area contributed by atoms with E-state index in [1.807, 2.05) is 12.2 Å². The molecule has 3 nitrogen and oxygen atoms in total. The number of hydrogen-bond donors (Lipinski definition) is 1. The summed E-state index contributed by atoms with van der Waals surface area (Å²) >= 11 is 0. The number of hydrogen-bond acceptors (Lipinski definition) is 2. The third-order valence-corrected chi connectivity index (χ3v) is 1.87. The Bertz CT molecular complexity index is 203. The van der Waals surface area contributed by atoms with Gasteiger partial charge >= 0.3 is 0 Å². The number of amides is 1. The van der Waals surface area contributed by atoms with Gasteiger partial charge in [-0.15, -0.1) is 0 Å². The molecule has 3 heteroatoms. The molecule has 1 amide bonds. The van der Waals surface area contributed by atoms with E-state index >= 15 is 0 Å². The summed E-state index contributed by atoms with van der Waals surface area (Å²) in [5, 5.41) is 9.42. The molecule has 0 radical (unpaired) electrons. The maximum Gasteiger partial charge on any atom is 0.254 e. The first-order valence-electron chi connectivity index (χ1n) is 4.18. The Balaban J connectivity index is 2.59. The molecule has 68 valence electrons. The van der Waals surface area contributed by atoms with Crippen LogP contribution in [0.1, 0.15) is 20.3 Å². The first-order chi connectivity index (χ1) is 5.52. The molecule has 0 aliphatic carbocycles. The highest BCUT2D eigenvalue weighted by molar-refractivity contribution is 5.84. The van der Waals surface area contributed by atoms with Gasteiger partial charge in [-0.1, -0.05) is 12.2 Å². The maximum absolute atomic E-state index is 11.5. The Hall–Kier alpha value is -0.830. The van der Waals surface area contributed by atoms with Gasteiger partial charge in [0.05, 0.1) is 0 Å². The molecule has 1 N–H and O–H groups in total. The summed E-state index contributed by atoms with van der Waals surface area (Å²) in [6.07, 6.45) is 4.89. The molecule has 0 bridgehead atoms. The van der Waals surface area contributed by atoms with Gasteiger partial charge in [-0.05, 0) is 20.3 Å². The van der Waals surface area contributed by atoms with Gasteiger partial charge in [0.1, 0.15) is 5.60 Å². The Morgan fingerprint density at radius 1 is 1.50 bits per heavy atom. The molecular weight excluding hydrogens is 154 g/mol. The number of carbonyl (C=O) groups excluding carboxylic acids is 1. The molecule has 0 spiro atoms. The van der Waals surface area contributed by atoms with E-state index in [1.165, 1.54) is 13.8 Å². The first-order valence-corrected chi connectivity index (χ1v) is 4.18. The van der Waals surface area contributed by atoms with Crippen molar-refractivity contribution in [1.29, 1.82) is 0 Å². The van der Waals surface area contributed by atoms with Crippen LogP contribution in [0.25, 0.3) is 0 Å². The number of carbonyl (C=O) groups is 1. The first kappa shape index (κ1) is 9.26. The van der Waals surface area contributed by atoms with Gasteiger partial charge in [0.2, 0.25) is 0 Å². The van der Waals surface area contributed by atoms with Gasteiger partial charge < -0.3 is 10.0 Å². The van der Waals surface area contributed by atoms with Gasteiger partial charge in [-0.3, -0.25) is 4.79 Å². The maximum atomic E-state index is 11.5. The number of aliphatic hydroxyl groups is 1.